The molecule has 0 aromatic carbocycles. The van der Waals surface area contributed by atoms with Crippen molar-refractivity contribution in [2.45, 2.75) is 56.7 Å². The van der Waals surface area contributed by atoms with Crippen molar-refractivity contribution in [2.24, 2.45) is 11.8 Å². The van der Waals surface area contributed by atoms with Gasteiger partial charge in [0.1, 0.15) is 5.72 Å². The Hall–Kier alpha value is -0.610. The molecule has 0 aromatic heterocycles. The number of carbonyl (C=O) groups is 1. The second-order valence-electron chi connectivity index (χ2n) is 6.91. The Bertz CT molecular complexity index is 398. The van der Waals surface area contributed by atoms with Gasteiger partial charge in [-0.2, -0.15) is 0 Å². The van der Waals surface area contributed by atoms with Gasteiger partial charge < -0.3 is 10.0 Å². The Morgan fingerprint density at radius 2 is 1.95 bits per heavy atom. The van der Waals surface area contributed by atoms with Crippen LogP contribution in [0.1, 0.15) is 44.9 Å². The van der Waals surface area contributed by atoms with E-state index < -0.39 is 5.72 Å². The summed E-state index contributed by atoms with van der Waals surface area (Å²) < 4.78 is 0. The summed E-state index contributed by atoms with van der Waals surface area (Å²) in [6, 6.07) is 0.537. The highest BCUT2D eigenvalue weighted by atomic mass is 16.3. The number of fused-ring (bicyclic) bond motifs is 2. The van der Waals surface area contributed by atoms with E-state index in [2.05, 4.69) is 4.90 Å². The van der Waals surface area contributed by atoms with E-state index in [0.29, 0.717) is 24.3 Å². The number of nitrogens with zero attached hydrogens (tertiary/aromatic N) is 2. The van der Waals surface area contributed by atoms with Crippen molar-refractivity contribution in [1.82, 2.24) is 9.80 Å². The third-order valence-electron chi connectivity index (χ3n) is 6.01. The number of amides is 1. The van der Waals surface area contributed by atoms with Crippen LogP contribution >= 0.6 is 0 Å². The topological polar surface area (TPSA) is 43.8 Å². The fourth-order valence-electron chi connectivity index (χ4n) is 5.27. The summed E-state index contributed by atoms with van der Waals surface area (Å²) in [6.45, 7) is 3.19. The number of hydrogen-bond donors (Lipinski definition) is 1. The van der Waals surface area contributed by atoms with Crippen LogP contribution in [-0.4, -0.2) is 52.2 Å². The molecule has 4 rings (SSSR count). The lowest BCUT2D eigenvalue weighted by atomic mass is 9.66. The first-order valence-corrected chi connectivity index (χ1v) is 7.97. The Labute approximate surface area is 114 Å². The van der Waals surface area contributed by atoms with Crippen LogP contribution in [0, 0.1) is 11.8 Å². The SMILES string of the molecule is O=C1CCC[C@]2(O)[C@@H]3CCCN4CCC[C@H](CN12)[C@H]34. The van der Waals surface area contributed by atoms with E-state index in [9.17, 15) is 9.90 Å². The average Bonchev–Trinajstić information content (AvgIpc) is 2.42. The molecule has 106 valence electrons. The van der Waals surface area contributed by atoms with Crippen LogP contribution in [0.2, 0.25) is 0 Å². The summed E-state index contributed by atoms with van der Waals surface area (Å²) in [6.07, 6.45) is 7.05. The maximum Gasteiger partial charge on any atom is 0.224 e. The molecule has 0 spiro atoms. The molecule has 4 nitrogen and oxygen atoms in total. The Balaban J connectivity index is 1.72. The van der Waals surface area contributed by atoms with Crippen molar-refractivity contribution in [2.75, 3.05) is 19.6 Å². The highest BCUT2D eigenvalue weighted by molar-refractivity contribution is 5.78. The van der Waals surface area contributed by atoms with Crippen LogP contribution < -0.4 is 0 Å². The second kappa shape index (κ2) is 4.19. The zero-order valence-electron chi connectivity index (χ0n) is 11.6. The fourth-order valence-corrected chi connectivity index (χ4v) is 5.27. The van der Waals surface area contributed by atoms with Crippen molar-refractivity contribution in [3.63, 3.8) is 0 Å². The van der Waals surface area contributed by atoms with E-state index in [4.69, 9.17) is 0 Å². The zero-order valence-corrected chi connectivity index (χ0v) is 11.6. The van der Waals surface area contributed by atoms with Crippen molar-refractivity contribution in [3.8, 4) is 0 Å². The van der Waals surface area contributed by atoms with Crippen LogP contribution in [0.5, 0.6) is 0 Å². The molecule has 4 heteroatoms. The van der Waals surface area contributed by atoms with Gasteiger partial charge in [0.25, 0.3) is 0 Å². The molecular weight excluding hydrogens is 240 g/mol. The Morgan fingerprint density at radius 3 is 2.79 bits per heavy atom. The average molecular weight is 264 g/mol. The summed E-state index contributed by atoms with van der Waals surface area (Å²) >= 11 is 0. The predicted octanol–water partition coefficient (Wildman–Crippen LogP) is 1.19. The zero-order chi connectivity index (χ0) is 13.0. The highest BCUT2D eigenvalue weighted by Gasteiger charge is 2.57. The number of carbonyl (C=O) groups excluding carboxylic acids is 1. The first kappa shape index (κ1) is 12.2. The van der Waals surface area contributed by atoms with Gasteiger partial charge in [-0.1, -0.05) is 0 Å². The van der Waals surface area contributed by atoms with Crippen molar-refractivity contribution < 1.29 is 9.90 Å². The van der Waals surface area contributed by atoms with Crippen molar-refractivity contribution in [3.05, 3.63) is 0 Å². The summed E-state index contributed by atoms with van der Waals surface area (Å²) in [5.41, 5.74) is -0.827. The standard InChI is InChI=1S/C15H24N2O2/c18-13-6-1-7-15(19)12-5-3-9-16-8-2-4-11(14(12)16)10-17(13)15/h11-12,14,19H,1-10H2/t11-,12-,14-,15+/m1/s1. The summed E-state index contributed by atoms with van der Waals surface area (Å²) in [7, 11) is 0. The normalized spacial score (nSPS) is 46.7. The predicted molar refractivity (Wildman–Crippen MR) is 71.3 cm³/mol. The summed E-state index contributed by atoms with van der Waals surface area (Å²) in [5, 5.41) is 11.2. The van der Waals surface area contributed by atoms with Gasteiger partial charge in [0.05, 0.1) is 0 Å². The van der Waals surface area contributed by atoms with E-state index >= 15 is 0 Å². The van der Waals surface area contributed by atoms with Gasteiger partial charge in [0, 0.05) is 24.9 Å². The third kappa shape index (κ3) is 1.62. The molecule has 0 bridgehead atoms. The van der Waals surface area contributed by atoms with Crippen LogP contribution in [-0.2, 0) is 4.79 Å². The van der Waals surface area contributed by atoms with Crippen LogP contribution in [0.25, 0.3) is 0 Å². The molecule has 1 amide bonds. The lowest BCUT2D eigenvalue weighted by Crippen LogP contribution is -2.72. The smallest absolute Gasteiger partial charge is 0.224 e. The molecule has 4 saturated heterocycles. The largest absolute Gasteiger partial charge is 0.370 e. The molecule has 4 aliphatic heterocycles. The molecule has 4 aliphatic rings. The number of hydrogen-bond acceptors (Lipinski definition) is 3. The molecule has 19 heavy (non-hydrogen) atoms. The van der Waals surface area contributed by atoms with E-state index in [1.807, 2.05) is 4.90 Å². The molecule has 1 N–H and O–H groups in total. The molecule has 0 saturated carbocycles. The maximum absolute atomic E-state index is 12.2. The molecule has 4 fully saturated rings. The van der Waals surface area contributed by atoms with Gasteiger partial charge in [-0.25, -0.2) is 0 Å². The highest BCUT2D eigenvalue weighted by Crippen LogP contribution is 2.49. The van der Waals surface area contributed by atoms with Crippen molar-refractivity contribution in [1.29, 1.82) is 0 Å². The molecule has 4 atom stereocenters. The van der Waals surface area contributed by atoms with E-state index in [-0.39, 0.29) is 5.91 Å². The summed E-state index contributed by atoms with van der Waals surface area (Å²) in [4.78, 5) is 16.7. The monoisotopic (exact) mass is 264 g/mol. The second-order valence-corrected chi connectivity index (χ2v) is 6.91. The Kier molecular flexibility index (Phi) is 2.68. The van der Waals surface area contributed by atoms with Gasteiger partial charge in [0.2, 0.25) is 5.91 Å². The Morgan fingerprint density at radius 1 is 1.16 bits per heavy atom. The minimum absolute atomic E-state index is 0.190. The van der Waals surface area contributed by atoms with Gasteiger partial charge in [-0.3, -0.25) is 9.69 Å². The van der Waals surface area contributed by atoms with Crippen LogP contribution in [0.3, 0.4) is 0 Å². The number of aliphatic hydroxyl groups is 1. The molecule has 0 unspecified atom stereocenters. The molecule has 0 aromatic rings. The molecule has 0 aliphatic carbocycles. The van der Waals surface area contributed by atoms with Gasteiger partial charge in [0.15, 0.2) is 0 Å². The fraction of sp³-hybridized carbons (Fsp3) is 0.933. The van der Waals surface area contributed by atoms with E-state index in [1.165, 1.54) is 32.4 Å². The lowest BCUT2D eigenvalue weighted by Gasteiger charge is -2.62. The first-order chi connectivity index (χ1) is 9.20. The molecule has 4 heterocycles. The number of piperidine rings is 4. The first-order valence-electron chi connectivity index (χ1n) is 7.97. The molecular formula is C15H24N2O2. The lowest BCUT2D eigenvalue weighted by molar-refractivity contribution is -0.234. The molecule has 0 radical (unpaired) electrons. The maximum atomic E-state index is 12.2. The van der Waals surface area contributed by atoms with E-state index in [1.54, 1.807) is 0 Å². The van der Waals surface area contributed by atoms with Gasteiger partial charge in [-0.05, 0) is 57.5 Å². The van der Waals surface area contributed by atoms with E-state index in [0.717, 1.165) is 25.8 Å². The minimum Gasteiger partial charge on any atom is -0.370 e. The van der Waals surface area contributed by atoms with Gasteiger partial charge in [-0.15, -0.1) is 0 Å². The third-order valence-corrected chi connectivity index (χ3v) is 6.01. The summed E-state index contributed by atoms with van der Waals surface area (Å²) in [5.74, 6) is 1.08. The minimum atomic E-state index is -0.827. The van der Waals surface area contributed by atoms with Crippen molar-refractivity contribution >= 4 is 5.91 Å². The quantitative estimate of drug-likeness (QED) is 0.715. The van der Waals surface area contributed by atoms with Crippen LogP contribution in [0.4, 0.5) is 0 Å². The number of rotatable bonds is 0. The van der Waals surface area contributed by atoms with Crippen LogP contribution in [0.15, 0.2) is 0 Å². The van der Waals surface area contributed by atoms with Gasteiger partial charge >= 0.3 is 0 Å².